The number of hydrogen-bond donors (Lipinski definition) is 2. The quantitative estimate of drug-likeness (QED) is 0.682. The van der Waals surface area contributed by atoms with Gasteiger partial charge in [-0.25, -0.2) is 9.97 Å². The van der Waals surface area contributed by atoms with E-state index in [9.17, 15) is 13.2 Å². The second kappa shape index (κ2) is 7.31. The van der Waals surface area contributed by atoms with Crippen LogP contribution >= 0.6 is 0 Å². The van der Waals surface area contributed by atoms with Crippen molar-refractivity contribution in [3.05, 3.63) is 47.9 Å². The fourth-order valence-corrected chi connectivity index (χ4v) is 3.49. The lowest BCUT2D eigenvalue weighted by molar-refractivity contribution is -0.140. The Balaban J connectivity index is 1.72. The number of aromatic nitrogens is 3. The van der Waals surface area contributed by atoms with Gasteiger partial charge in [0.2, 0.25) is 0 Å². The second-order valence-electron chi connectivity index (χ2n) is 6.68. The highest BCUT2D eigenvalue weighted by Crippen LogP contribution is 2.40. The van der Waals surface area contributed by atoms with Gasteiger partial charge < -0.3 is 19.8 Å². The van der Waals surface area contributed by atoms with Crippen molar-refractivity contribution in [2.45, 2.75) is 18.6 Å². The minimum atomic E-state index is -4.48. The molecule has 2 N–H and O–H groups in total. The number of para-hydroxylation sites is 1. The maximum Gasteiger partial charge on any atom is 0.431 e. The minimum absolute atomic E-state index is 0.0703. The van der Waals surface area contributed by atoms with Crippen LogP contribution in [0.3, 0.4) is 0 Å². The van der Waals surface area contributed by atoms with Gasteiger partial charge in [-0.2, -0.15) is 13.2 Å². The number of methoxy groups -OCH3 is 1. The highest BCUT2D eigenvalue weighted by molar-refractivity contribution is 5.88. The van der Waals surface area contributed by atoms with Gasteiger partial charge in [-0.15, -0.1) is 0 Å². The van der Waals surface area contributed by atoms with Crippen LogP contribution in [0.25, 0.3) is 11.0 Å². The third kappa shape index (κ3) is 3.49. The summed E-state index contributed by atoms with van der Waals surface area (Å²) in [6.07, 6.45) is -2.50. The molecule has 0 saturated carbocycles. The Kier molecular flexibility index (Phi) is 4.84. The molecule has 1 aromatic carbocycles. The number of nitrogens with one attached hydrogen (secondary N) is 2. The van der Waals surface area contributed by atoms with E-state index in [1.165, 1.54) is 6.33 Å². The summed E-state index contributed by atoms with van der Waals surface area (Å²) in [6, 6.07) is 8.47. The molecule has 2 atom stereocenters. The number of halogens is 3. The van der Waals surface area contributed by atoms with Crippen molar-refractivity contribution in [3.63, 3.8) is 0 Å². The topological polar surface area (TPSA) is 72.1 Å². The minimum Gasteiger partial charge on any atom is -0.493 e. The molecule has 2 aromatic heterocycles. The third-order valence-electron chi connectivity index (χ3n) is 4.89. The predicted molar refractivity (Wildman–Crippen MR) is 97.2 cm³/mol. The van der Waals surface area contributed by atoms with Crippen molar-refractivity contribution in [3.8, 4) is 5.75 Å². The monoisotopic (exact) mass is 392 g/mol. The first-order valence-corrected chi connectivity index (χ1v) is 8.85. The molecule has 0 aliphatic carbocycles. The molecule has 148 valence electrons. The van der Waals surface area contributed by atoms with Gasteiger partial charge in [-0.3, -0.25) is 0 Å². The number of anilines is 1. The molecule has 0 radical (unpaired) electrons. The molecule has 0 amide bonds. The Morgan fingerprint density at radius 2 is 2.11 bits per heavy atom. The summed E-state index contributed by atoms with van der Waals surface area (Å²) in [6.45, 7) is 1.03. The number of hydrogen-bond acceptors (Lipinski definition) is 5. The normalized spacial score (nSPS) is 19.3. The van der Waals surface area contributed by atoms with Crippen LogP contribution in [0.15, 0.2) is 36.7 Å². The van der Waals surface area contributed by atoms with Crippen molar-refractivity contribution in [2.75, 3.05) is 25.6 Å². The van der Waals surface area contributed by atoms with Crippen LogP contribution < -0.4 is 10.1 Å². The first kappa shape index (κ1) is 18.5. The average molecular weight is 392 g/mol. The van der Waals surface area contributed by atoms with Gasteiger partial charge in [0.15, 0.2) is 0 Å². The van der Waals surface area contributed by atoms with Crippen molar-refractivity contribution in [1.29, 1.82) is 0 Å². The Morgan fingerprint density at radius 3 is 2.89 bits per heavy atom. The van der Waals surface area contributed by atoms with E-state index in [0.29, 0.717) is 24.4 Å². The fourth-order valence-electron chi connectivity index (χ4n) is 3.49. The van der Waals surface area contributed by atoms with E-state index in [4.69, 9.17) is 9.47 Å². The molecule has 3 heterocycles. The Morgan fingerprint density at radius 1 is 1.29 bits per heavy atom. The van der Waals surface area contributed by atoms with Crippen LogP contribution in [0.1, 0.15) is 23.7 Å². The van der Waals surface area contributed by atoms with E-state index in [0.717, 1.165) is 23.8 Å². The van der Waals surface area contributed by atoms with Gasteiger partial charge in [-0.1, -0.05) is 18.2 Å². The van der Waals surface area contributed by atoms with Crippen LogP contribution in [0.4, 0.5) is 19.0 Å². The van der Waals surface area contributed by atoms with E-state index in [-0.39, 0.29) is 17.6 Å². The SMILES string of the molecule is COCC[C@H]1COc2ccccc2[C@@H]1Nc1ncnc2[nH]c(C(F)(F)F)cc12. The summed E-state index contributed by atoms with van der Waals surface area (Å²) < 4.78 is 50.3. The Hall–Kier alpha value is -2.81. The summed E-state index contributed by atoms with van der Waals surface area (Å²) in [5.41, 5.74) is 0.223. The second-order valence-corrected chi connectivity index (χ2v) is 6.68. The summed E-state index contributed by atoms with van der Waals surface area (Å²) in [5.74, 6) is 1.17. The van der Waals surface area contributed by atoms with E-state index in [1.54, 1.807) is 7.11 Å². The highest BCUT2D eigenvalue weighted by atomic mass is 19.4. The fraction of sp³-hybridized carbons (Fsp3) is 0.368. The standard InChI is InChI=1S/C19H19F3N4O2/c1-27-7-6-11-9-28-14-5-3-2-4-12(14)16(11)26-18-13-8-15(19(20,21)22)25-17(13)23-10-24-18/h2-5,8,10-11,16H,6-7,9H2,1H3,(H2,23,24,25,26)/t11-,16+/m0/s1. The zero-order valence-electron chi connectivity index (χ0n) is 15.1. The number of aromatic amines is 1. The molecule has 1 aliphatic heterocycles. The number of nitrogens with zero attached hydrogens (tertiary/aromatic N) is 2. The number of benzene rings is 1. The summed E-state index contributed by atoms with van der Waals surface area (Å²) >= 11 is 0. The van der Waals surface area contributed by atoms with Crippen molar-refractivity contribution < 1.29 is 22.6 Å². The van der Waals surface area contributed by atoms with Crippen LogP contribution in [0, 0.1) is 5.92 Å². The van der Waals surface area contributed by atoms with Crippen molar-refractivity contribution >= 4 is 16.9 Å². The molecule has 28 heavy (non-hydrogen) atoms. The van der Waals surface area contributed by atoms with Gasteiger partial charge in [0, 0.05) is 25.2 Å². The van der Waals surface area contributed by atoms with Gasteiger partial charge in [0.25, 0.3) is 0 Å². The number of ether oxygens (including phenoxy) is 2. The molecular weight excluding hydrogens is 373 g/mol. The number of fused-ring (bicyclic) bond motifs is 2. The van der Waals surface area contributed by atoms with Gasteiger partial charge >= 0.3 is 6.18 Å². The smallest absolute Gasteiger partial charge is 0.431 e. The molecule has 0 unspecified atom stereocenters. The molecule has 0 bridgehead atoms. The lowest BCUT2D eigenvalue weighted by Crippen LogP contribution is -2.32. The maximum atomic E-state index is 13.1. The molecule has 6 nitrogen and oxygen atoms in total. The Bertz CT molecular complexity index is 973. The van der Waals surface area contributed by atoms with Crippen LogP contribution in [-0.2, 0) is 10.9 Å². The van der Waals surface area contributed by atoms with Crippen LogP contribution in [0.5, 0.6) is 5.75 Å². The zero-order valence-corrected chi connectivity index (χ0v) is 15.1. The van der Waals surface area contributed by atoms with Gasteiger partial charge in [0.05, 0.1) is 18.0 Å². The molecule has 4 rings (SSSR count). The molecule has 3 aromatic rings. The summed E-state index contributed by atoms with van der Waals surface area (Å²) in [5, 5.41) is 3.63. The molecule has 9 heteroatoms. The van der Waals surface area contributed by atoms with E-state index >= 15 is 0 Å². The molecule has 0 fully saturated rings. The van der Waals surface area contributed by atoms with Crippen molar-refractivity contribution in [1.82, 2.24) is 15.0 Å². The number of H-pyrrole nitrogens is 1. The molecular formula is C19H19F3N4O2. The van der Waals surface area contributed by atoms with Crippen LogP contribution in [0.2, 0.25) is 0 Å². The molecule has 1 aliphatic rings. The number of rotatable bonds is 5. The Labute approximate surface area is 159 Å². The first-order valence-electron chi connectivity index (χ1n) is 8.85. The lowest BCUT2D eigenvalue weighted by atomic mass is 9.88. The molecule has 0 saturated heterocycles. The van der Waals surface area contributed by atoms with E-state index in [2.05, 4.69) is 20.3 Å². The third-order valence-corrected chi connectivity index (χ3v) is 4.89. The zero-order chi connectivity index (χ0) is 19.7. The maximum absolute atomic E-state index is 13.1. The number of alkyl halides is 3. The van der Waals surface area contributed by atoms with E-state index < -0.39 is 11.9 Å². The summed E-state index contributed by atoms with van der Waals surface area (Å²) in [7, 11) is 1.63. The largest absolute Gasteiger partial charge is 0.493 e. The van der Waals surface area contributed by atoms with E-state index in [1.807, 2.05) is 24.3 Å². The highest BCUT2D eigenvalue weighted by Gasteiger charge is 2.34. The predicted octanol–water partition coefficient (Wildman–Crippen LogP) is 4.18. The van der Waals surface area contributed by atoms with Gasteiger partial charge in [0.1, 0.15) is 29.2 Å². The van der Waals surface area contributed by atoms with Crippen LogP contribution in [-0.4, -0.2) is 35.3 Å². The van der Waals surface area contributed by atoms with Gasteiger partial charge in [-0.05, 0) is 18.6 Å². The van der Waals surface area contributed by atoms with Crippen molar-refractivity contribution in [2.24, 2.45) is 5.92 Å². The average Bonchev–Trinajstić information content (AvgIpc) is 3.13. The first-order chi connectivity index (χ1) is 13.5. The summed E-state index contributed by atoms with van der Waals surface area (Å²) in [4.78, 5) is 10.5. The molecule has 0 spiro atoms. The lowest BCUT2D eigenvalue weighted by Gasteiger charge is -2.34.